The molecular weight excluding hydrogens is 446 g/mol. The van der Waals surface area contributed by atoms with Gasteiger partial charge in [-0.2, -0.15) is 5.10 Å². The van der Waals surface area contributed by atoms with Gasteiger partial charge in [-0.1, -0.05) is 52.0 Å². The van der Waals surface area contributed by atoms with Gasteiger partial charge in [-0.25, -0.2) is 0 Å². The van der Waals surface area contributed by atoms with Crippen LogP contribution in [0.4, 0.5) is 0 Å². The highest BCUT2D eigenvalue weighted by atomic mass is 79.9. The lowest BCUT2D eigenvalue weighted by atomic mass is 10.2. The second-order valence-corrected chi connectivity index (χ2v) is 7.92. The Kier molecular flexibility index (Phi) is 6.83. The number of carbonyl (C=O) groups is 2. The van der Waals surface area contributed by atoms with E-state index in [0.717, 1.165) is 27.4 Å². The second kappa shape index (κ2) is 9.52. The molecule has 2 aromatic rings. The zero-order valence-corrected chi connectivity index (χ0v) is 16.9. The number of carboxylic acids is 1. The summed E-state index contributed by atoms with van der Waals surface area (Å²) in [6.07, 6.45) is 1.16. The summed E-state index contributed by atoms with van der Waals surface area (Å²) in [5.74, 6) is -0.999. The summed E-state index contributed by atoms with van der Waals surface area (Å²) >= 11 is 4.42. The van der Waals surface area contributed by atoms with Gasteiger partial charge in [0.15, 0.2) is 5.17 Å². The van der Waals surface area contributed by atoms with Crippen molar-refractivity contribution in [2.45, 2.75) is 18.3 Å². The van der Waals surface area contributed by atoms with Crippen molar-refractivity contribution >= 4 is 51.0 Å². The van der Waals surface area contributed by atoms with Gasteiger partial charge in [0, 0.05) is 16.9 Å². The summed E-state index contributed by atoms with van der Waals surface area (Å²) in [6.45, 7) is 0.443. The smallest absolute Gasteiger partial charge is 0.239 e. The molecule has 0 radical (unpaired) electrons. The number of carbonyl (C=O) groups excluding carboxylic acids is 2. The maximum absolute atomic E-state index is 11.6. The average Bonchev–Trinajstić information content (AvgIpc) is 3.00. The topological polar surface area (TPSA) is 103 Å². The number of ether oxygens (including phenoxy) is 1. The SMILES string of the molecule is O=C([O-])C[C@@H]1S/C(=N\N=C/c2cccc(OCc3ccc(Br)cc3)c2)NC1=O. The first-order chi connectivity index (χ1) is 13.5. The molecule has 1 amide bonds. The molecule has 7 nitrogen and oxygen atoms in total. The fourth-order valence-electron chi connectivity index (χ4n) is 2.32. The molecule has 28 heavy (non-hydrogen) atoms. The predicted molar refractivity (Wildman–Crippen MR) is 109 cm³/mol. The van der Waals surface area contributed by atoms with Crippen LogP contribution in [0.3, 0.4) is 0 Å². The Morgan fingerprint density at radius 1 is 1.29 bits per heavy atom. The third kappa shape index (κ3) is 5.93. The molecule has 1 aliphatic heterocycles. The fraction of sp³-hybridized carbons (Fsp3) is 0.158. The lowest BCUT2D eigenvalue weighted by Gasteiger charge is -2.07. The highest BCUT2D eigenvalue weighted by Gasteiger charge is 2.30. The Morgan fingerprint density at radius 2 is 2.07 bits per heavy atom. The van der Waals surface area contributed by atoms with Gasteiger partial charge in [0.1, 0.15) is 12.4 Å². The summed E-state index contributed by atoms with van der Waals surface area (Å²) in [4.78, 5) is 22.2. The molecule has 0 aromatic heterocycles. The lowest BCUT2D eigenvalue weighted by molar-refractivity contribution is -0.305. The van der Waals surface area contributed by atoms with E-state index in [1.54, 1.807) is 0 Å². The summed E-state index contributed by atoms with van der Waals surface area (Å²) in [5.41, 5.74) is 1.83. The number of nitrogens with zero attached hydrogens (tertiary/aromatic N) is 2. The lowest BCUT2D eigenvalue weighted by Crippen LogP contribution is -2.31. The van der Waals surface area contributed by atoms with Crippen molar-refractivity contribution in [1.82, 2.24) is 5.32 Å². The van der Waals surface area contributed by atoms with Crippen molar-refractivity contribution < 1.29 is 19.4 Å². The van der Waals surface area contributed by atoms with Crippen molar-refractivity contribution in [3.63, 3.8) is 0 Å². The van der Waals surface area contributed by atoms with Gasteiger partial charge in [-0.3, -0.25) is 4.79 Å². The van der Waals surface area contributed by atoms with Crippen molar-refractivity contribution in [3.05, 3.63) is 64.1 Å². The van der Waals surface area contributed by atoms with E-state index in [1.165, 1.54) is 6.21 Å². The number of aliphatic carboxylic acids is 1. The summed E-state index contributed by atoms with van der Waals surface area (Å²) in [6, 6.07) is 15.2. The third-order valence-electron chi connectivity index (χ3n) is 3.66. The molecule has 1 saturated heterocycles. The Bertz CT molecular complexity index is 931. The number of hydrogen-bond acceptors (Lipinski definition) is 7. The van der Waals surface area contributed by atoms with Crippen LogP contribution < -0.4 is 15.2 Å². The van der Waals surface area contributed by atoms with E-state index in [9.17, 15) is 14.7 Å². The number of thioether (sulfide) groups is 1. The Balaban J connectivity index is 1.57. The minimum atomic E-state index is -1.28. The van der Waals surface area contributed by atoms with Gasteiger partial charge in [-0.05, 0) is 35.4 Å². The maximum Gasteiger partial charge on any atom is 0.239 e. The van der Waals surface area contributed by atoms with Gasteiger partial charge in [0.05, 0.1) is 11.5 Å². The molecule has 0 spiro atoms. The normalized spacial score (nSPS) is 17.8. The molecule has 9 heteroatoms. The van der Waals surface area contributed by atoms with Gasteiger partial charge < -0.3 is 20.0 Å². The van der Waals surface area contributed by atoms with Crippen LogP contribution in [0.2, 0.25) is 0 Å². The van der Waals surface area contributed by atoms with Crippen LogP contribution >= 0.6 is 27.7 Å². The van der Waals surface area contributed by atoms with Crippen LogP contribution in [0.15, 0.2) is 63.2 Å². The molecule has 1 N–H and O–H groups in total. The predicted octanol–water partition coefficient (Wildman–Crippen LogP) is 2.09. The van der Waals surface area contributed by atoms with Crippen LogP contribution in [0.5, 0.6) is 5.75 Å². The highest BCUT2D eigenvalue weighted by Crippen LogP contribution is 2.22. The summed E-state index contributed by atoms with van der Waals surface area (Å²) < 4.78 is 6.79. The van der Waals surface area contributed by atoms with Crippen LogP contribution in [0, 0.1) is 0 Å². The van der Waals surface area contributed by atoms with Gasteiger partial charge in [-0.15, -0.1) is 5.10 Å². The van der Waals surface area contributed by atoms with Crippen molar-refractivity contribution in [3.8, 4) is 5.75 Å². The molecule has 2 aromatic carbocycles. The number of benzene rings is 2. The Hall–Kier alpha value is -2.65. The quantitative estimate of drug-likeness (QED) is 0.503. The Morgan fingerprint density at radius 3 is 2.82 bits per heavy atom. The van der Waals surface area contributed by atoms with E-state index in [0.29, 0.717) is 12.4 Å². The minimum absolute atomic E-state index is 0.259. The van der Waals surface area contributed by atoms with Crippen molar-refractivity contribution in [2.75, 3.05) is 0 Å². The van der Waals surface area contributed by atoms with E-state index >= 15 is 0 Å². The van der Waals surface area contributed by atoms with Gasteiger partial charge in [0.2, 0.25) is 5.91 Å². The van der Waals surface area contributed by atoms with Gasteiger partial charge in [0.25, 0.3) is 0 Å². The molecule has 144 valence electrons. The Labute approximate surface area is 174 Å². The molecule has 3 rings (SSSR count). The third-order valence-corrected chi connectivity index (χ3v) is 5.26. The first-order valence-corrected chi connectivity index (χ1v) is 9.92. The summed E-state index contributed by atoms with van der Waals surface area (Å²) in [5, 5.41) is 20.5. The number of carboxylic acid groups (broad SMARTS) is 1. The van der Waals surface area contributed by atoms with Crippen LogP contribution in [0.1, 0.15) is 17.5 Å². The molecule has 1 atom stereocenters. The number of halogens is 1. The molecular formula is C19H15BrN3O4S-. The number of amides is 1. The minimum Gasteiger partial charge on any atom is -0.550 e. The maximum atomic E-state index is 11.6. The number of nitrogens with one attached hydrogen (secondary N) is 1. The average molecular weight is 461 g/mol. The molecule has 0 aliphatic carbocycles. The molecule has 0 saturated carbocycles. The van der Waals surface area contributed by atoms with E-state index in [1.807, 2.05) is 48.5 Å². The monoisotopic (exact) mass is 460 g/mol. The standard InChI is InChI=1S/C19H16BrN3O4S/c20-14-6-4-12(5-7-14)11-27-15-3-1-2-13(8-15)10-21-23-19-22-18(26)16(28-19)9-17(24)25/h1-8,10,16H,9,11H2,(H,24,25)(H,22,23,26)/p-1/b21-10-/t16-/m0/s1. The largest absolute Gasteiger partial charge is 0.550 e. The van der Waals surface area contributed by atoms with E-state index in [-0.39, 0.29) is 11.6 Å². The number of hydrogen-bond donors (Lipinski definition) is 1. The van der Waals surface area contributed by atoms with Gasteiger partial charge >= 0.3 is 0 Å². The van der Waals surface area contributed by atoms with E-state index < -0.39 is 17.1 Å². The number of rotatable bonds is 7. The molecule has 1 fully saturated rings. The van der Waals surface area contributed by atoms with E-state index in [4.69, 9.17) is 4.74 Å². The van der Waals surface area contributed by atoms with Crippen LogP contribution in [-0.4, -0.2) is 28.5 Å². The van der Waals surface area contributed by atoms with Crippen molar-refractivity contribution in [2.24, 2.45) is 10.2 Å². The van der Waals surface area contributed by atoms with Crippen LogP contribution in [0.25, 0.3) is 0 Å². The first-order valence-electron chi connectivity index (χ1n) is 8.25. The van der Waals surface area contributed by atoms with E-state index in [2.05, 4.69) is 31.4 Å². The van der Waals surface area contributed by atoms with Crippen molar-refractivity contribution in [1.29, 1.82) is 0 Å². The molecule has 1 heterocycles. The second-order valence-electron chi connectivity index (χ2n) is 5.81. The summed E-state index contributed by atoms with van der Waals surface area (Å²) in [7, 11) is 0. The zero-order valence-electron chi connectivity index (χ0n) is 14.5. The molecule has 0 bridgehead atoms. The first kappa shape index (κ1) is 20.1. The highest BCUT2D eigenvalue weighted by molar-refractivity contribution is 9.10. The number of amidine groups is 1. The fourth-order valence-corrected chi connectivity index (χ4v) is 3.49. The molecule has 1 aliphatic rings. The molecule has 0 unspecified atom stereocenters. The van der Waals surface area contributed by atoms with Crippen LogP contribution in [-0.2, 0) is 16.2 Å². The zero-order chi connectivity index (χ0) is 19.9.